The summed E-state index contributed by atoms with van der Waals surface area (Å²) in [5.41, 5.74) is 18.9. The van der Waals surface area contributed by atoms with Crippen LogP contribution < -0.4 is 27.0 Å². The van der Waals surface area contributed by atoms with Gasteiger partial charge >= 0.3 is 0 Å². The van der Waals surface area contributed by atoms with Crippen molar-refractivity contribution in [2.24, 2.45) is 28.3 Å². The molecule has 4 fully saturated rings. The number of aromatic nitrogens is 3. The summed E-state index contributed by atoms with van der Waals surface area (Å²) in [4.78, 5) is 38.6. The first-order valence-corrected chi connectivity index (χ1v) is 19.4. The number of anilines is 2. The quantitative estimate of drug-likeness (QED) is 0.0605. The lowest BCUT2D eigenvalue weighted by atomic mass is 9.91. The van der Waals surface area contributed by atoms with Crippen LogP contribution in [0.2, 0.25) is 0 Å². The number of carbonyl (C=O) groups is 2. The number of amides is 1. The van der Waals surface area contributed by atoms with Gasteiger partial charge in [-0.15, -0.1) is 0 Å². The number of carbonyl (C=O) groups excluding carboxylic acids is 2. The lowest BCUT2D eigenvalue weighted by molar-refractivity contribution is -0.118. The summed E-state index contributed by atoms with van der Waals surface area (Å²) >= 11 is 0. The van der Waals surface area contributed by atoms with Crippen LogP contribution in [0.15, 0.2) is 71.3 Å². The molecule has 1 amide bonds. The molecule has 2 aromatic heterocycles. The molecule has 2 saturated heterocycles. The molecule has 1 aromatic carbocycles. The van der Waals surface area contributed by atoms with Gasteiger partial charge in [0.2, 0.25) is 0 Å². The highest BCUT2D eigenvalue weighted by Crippen LogP contribution is 2.49. The van der Waals surface area contributed by atoms with Gasteiger partial charge in [0.25, 0.3) is 5.91 Å². The van der Waals surface area contributed by atoms with Crippen molar-refractivity contribution in [2.75, 3.05) is 57.5 Å². The van der Waals surface area contributed by atoms with Crippen molar-refractivity contribution in [1.82, 2.24) is 29.9 Å². The third-order valence-corrected chi connectivity index (χ3v) is 10.7. The van der Waals surface area contributed by atoms with Gasteiger partial charge in [-0.3, -0.25) is 19.2 Å². The van der Waals surface area contributed by atoms with E-state index in [4.69, 9.17) is 16.6 Å². The van der Waals surface area contributed by atoms with Gasteiger partial charge in [0.1, 0.15) is 17.8 Å². The Hall–Kier alpha value is -5.05. The van der Waals surface area contributed by atoms with Crippen LogP contribution in [0.3, 0.4) is 0 Å². The molecule has 8 rings (SSSR count). The SMILES string of the molecule is CC1CN(C)C1.CCC1c2c(cnn2C2CN(Cc3cccc(C=O)n3)C2)-c2cccc(NC(=C/C(N)=NC(=O)C3CC3)/C(N)=C\O)c2N1C.CNC1CC1. The monoisotopic (exact) mass is 751 g/mol. The zero-order valence-electron chi connectivity index (χ0n) is 32.8. The van der Waals surface area contributed by atoms with Gasteiger partial charge in [-0.05, 0) is 70.3 Å². The Morgan fingerprint density at radius 1 is 1.04 bits per heavy atom. The highest BCUT2D eigenvalue weighted by molar-refractivity contribution is 6.02. The molecular weight excluding hydrogens is 695 g/mol. The van der Waals surface area contributed by atoms with Crippen LogP contribution in [-0.2, 0) is 11.3 Å². The second-order valence-corrected chi connectivity index (χ2v) is 15.5. The normalized spacial score (nSPS) is 20.5. The van der Waals surface area contributed by atoms with Gasteiger partial charge in [-0.25, -0.2) is 4.98 Å². The standard InChI is InChI=1S/C32H37N9O3.C5H11N.C4H9N/c1-3-28-31-24(13-35-41(31)22-15-40(16-22)14-20-6-4-7-21(17-42)36-20)23-8-5-9-26(30(23)39(28)2)37-27(25(33)18-43)12-29(34)38-32(44)19-10-11-19;1-5-3-6(2)4-5;1-5-4-2-3-4/h4-9,12-13,17-19,22,28,37,43H,3,10-11,14-16,33H2,1-2H3,(H2,34,38,44);5H,3-4H2,1-2H3;4-5H,2-3H2,1H3/b25-18+,27-12+;;. The van der Waals surface area contributed by atoms with Crippen molar-refractivity contribution in [2.45, 2.75) is 70.6 Å². The van der Waals surface area contributed by atoms with Crippen molar-refractivity contribution in [1.29, 1.82) is 0 Å². The van der Waals surface area contributed by atoms with Crippen LogP contribution in [0, 0.1) is 11.8 Å². The number of pyridine rings is 1. The summed E-state index contributed by atoms with van der Waals surface area (Å²) in [6, 6.07) is 12.7. The maximum atomic E-state index is 12.2. The van der Waals surface area contributed by atoms with Crippen molar-refractivity contribution in [3.05, 3.63) is 83.4 Å². The van der Waals surface area contributed by atoms with Crippen molar-refractivity contribution in [3.63, 3.8) is 0 Å². The number of nitrogens with one attached hydrogen (secondary N) is 2. The van der Waals surface area contributed by atoms with E-state index < -0.39 is 0 Å². The number of aliphatic imine (C=N–C) groups is 1. The number of nitrogens with two attached hydrogens (primary N) is 2. The van der Waals surface area contributed by atoms with Gasteiger partial charge in [0.05, 0.1) is 52.4 Å². The largest absolute Gasteiger partial charge is 0.513 e. The number of rotatable bonds is 11. The van der Waals surface area contributed by atoms with Crippen molar-refractivity contribution < 1.29 is 14.7 Å². The molecule has 294 valence electrons. The Kier molecular flexibility index (Phi) is 12.7. The lowest BCUT2D eigenvalue weighted by Crippen LogP contribution is -2.48. The van der Waals surface area contributed by atoms with E-state index >= 15 is 0 Å². The number of aliphatic hydroxyl groups is 1. The fourth-order valence-electron chi connectivity index (χ4n) is 7.48. The second kappa shape index (κ2) is 17.6. The first-order chi connectivity index (χ1) is 26.5. The Labute approximate surface area is 324 Å². The third-order valence-electron chi connectivity index (χ3n) is 10.7. The molecular formula is C41H57N11O3. The Morgan fingerprint density at radius 3 is 2.33 bits per heavy atom. The number of para-hydroxylation sites is 1. The van der Waals surface area contributed by atoms with Gasteiger partial charge in [0.15, 0.2) is 6.29 Å². The molecule has 14 heteroatoms. The summed E-state index contributed by atoms with van der Waals surface area (Å²) in [5.74, 6) is 0.690. The van der Waals surface area contributed by atoms with Gasteiger partial charge in [-0.2, -0.15) is 10.1 Å². The van der Waals surface area contributed by atoms with Crippen molar-refractivity contribution >= 4 is 29.4 Å². The average molecular weight is 752 g/mol. The molecule has 1 unspecified atom stereocenters. The minimum absolute atomic E-state index is 0.0177. The van der Waals surface area contributed by atoms with E-state index in [-0.39, 0.29) is 35.4 Å². The van der Waals surface area contributed by atoms with E-state index in [1.54, 1.807) is 6.07 Å². The number of aliphatic hydroxyl groups excluding tert-OH is 1. The van der Waals surface area contributed by atoms with Crippen LogP contribution in [0.25, 0.3) is 11.1 Å². The predicted molar refractivity (Wildman–Crippen MR) is 218 cm³/mol. The Balaban J connectivity index is 0.000000401. The highest BCUT2D eigenvalue weighted by atomic mass is 16.2. The number of amidine groups is 1. The Morgan fingerprint density at radius 2 is 1.76 bits per heavy atom. The van der Waals surface area contributed by atoms with Gasteiger partial charge in [0, 0.05) is 68.9 Å². The Bertz CT molecular complexity index is 1910. The number of aldehydes is 1. The summed E-state index contributed by atoms with van der Waals surface area (Å²) in [6.07, 6.45) is 10.3. The zero-order chi connectivity index (χ0) is 39.2. The molecule has 5 heterocycles. The molecule has 14 nitrogen and oxygen atoms in total. The second-order valence-electron chi connectivity index (χ2n) is 15.5. The molecule has 2 aliphatic carbocycles. The first-order valence-electron chi connectivity index (χ1n) is 19.4. The summed E-state index contributed by atoms with van der Waals surface area (Å²) in [7, 11) is 6.23. The summed E-state index contributed by atoms with van der Waals surface area (Å²) < 4.78 is 2.17. The number of likely N-dealkylation sites (tertiary alicyclic amines) is 2. The van der Waals surface area contributed by atoms with E-state index in [0.717, 1.165) is 85.1 Å². The minimum atomic E-state index is -0.241. The van der Waals surface area contributed by atoms with Crippen molar-refractivity contribution in [3.8, 4) is 11.1 Å². The van der Waals surface area contributed by atoms with Crippen LogP contribution in [0.5, 0.6) is 0 Å². The smallest absolute Gasteiger partial charge is 0.250 e. The van der Waals surface area contributed by atoms with Crippen LogP contribution in [0.4, 0.5) is 11.4 Å². The molecule has 0 spiro atoms. The van der Waals surface area contributed by atoms with Gasteiger partial charge < -0.3 is 37.0 Å². The van der Waals surface area contributed by atoms with Crippen LogP contribution >= 0.6 is 0 Å². The molecule has 1 atom stereocenters. The molecule has 3 aliphatic heterocycles. The van der Waals surface area contributed by atoms with E-state index in [9.17, 15) is 14.7 Å². The molecule has 7 N–H and O–H groups in total. The number of hydrogen-bond acceptors (Lipinski definition) is 11. The number of nitrogens with zero attached hydrogens (tertiary/aromatic N) is 7. The fourth-order valence-corrected chi connectivity index (χ4v) is 7.48. The highest BCUT2D eigenvalue weighted by Gasteiger charge is 2.38. The predicted octanol–water partition coefficient (Wildman–Crippen LogP) is 4.60. The molecule has 2 saturated carbocycles. The summed E-state index contributed by atoms with van der Waals surface area (Å²) in [6.45, 7) is 9.40. The maximum absolute atomic E-state index is 12.2. The molecule has 55 heavy (non-hydrogen) atoms. The lowest BCUT2D eigenvalue weighted by Gasteiger charge is -2.43. The third kappa shape index (κ3) is 9.61. The number of fused-ring (bicyclic) bond motifs is 3. The van der Waals surface area contributed by atoms with E-state index in [0.29, 0.717) is 17.9 Å². The fraction of sp³-hybridized carbons (Fsp3) is 0.488. The topological polar surface area (TPSA) is 183 Å². The first kappa shape index (κ1) is 39.6. The number of benzene rings is 1. The molecule has 5 aliphatic rings. The minimum Gasteiger partial charge on any atom is -0.513 e. The average Bonchev–Trinajstić information content (AvgIpc) is 4.10. The number of hydrogen-bond donors (Lipinski definition) is 5. The molecule has 3 aromatic rings. The van der Waals surface area contributed by atoms with Crippen LogP contribution in [0.1, 0.15) is 79.9 Å². The zero-order valence-corrected chi connectivity index (χ0v) is 32.8. The van der Waals surface area contributed by atoms with Crippen LogP contribution in [-0.4, -0.2) is 101 Å². The van der Waals surface area contributed by atoms with Gasteiger partial charge in [-0.1, -0.05) is 32.0 Å². The molecule has 0 bridgehead atoms. The van der Waals surface area contributed by atoms with E-state index in [1.807, 2.05) is 37.5 Å². The summed E-state index contributed by atoms with van der Waals surface area (Å²) in [5, 5.41) is 21.1. The maximum Gasteiger partial charge on any atom is 0.250 e. The van der Waals surface area contributed by atoms with E-state index in [1.165, 1.54) is 37.7 Å². The molecule has 0 radical (unpaired) electrons. The van der Waals surface area contributed by atoms with E-state index in [2.05, 4.69) is 74.0 Å².